The van der Waals surface area contributed by atoms with Gasteiger partial charge in [-0.05, 0) is 54.2 Å². The topological polar surface area (TPSA) is 116 Å². The molecule has 4 aromatic rings. The van der Waals surface area contributed by atoms with Gasteiger partial charge >= 0.3 is 6.09 Å². The van der Waals surface area contributed by atoms with Gasteiger partial charge in [-0.2, -0.15) is 0 Å². The van der Waals surface area contributed by atoms with Crippen molar-refractivity contribution in [1.82, 2.24) is 30.2 Å². The Labute approximate surface area is 246 Å². The Morgan fingerprint density at radius 3 is 2.12 bits per heavy atom. The standard InChI is InChI=1S/C33H36N6O3/c1-5-29-34-19-26(36-29)24-14-10-22(11-15-24)8-9-23-12-16-25(17-13-23)27-20-35-31(37-27)28-7-6-18-39(28)32(40)30(21(2)3)38-33(41)42-4/h10-17,19-21,28,30H,5-7,18H2,1-4H3,(H,34,36)(H,35,37)(H,38,41). The second kappa shape index (κ2) is 12.8. The Kier molecular flexibility index (Phi) is 8.72. The summed E-state index contributed by atoms with van der Waals surface area (Å²) in [6.07, 6.45) is 5.60. The monoisotopic (exact) mass is 564 g/mol. The zero-order chi connectivity index (χ0) is 29.6. The fraction of sp³-hybridized carbons (Fsp3) is 0.333. The van der Waals surface area contributed by atoms with Crippen molar-refractivity contribution in [2.24, 2.45) is 5.92 Å². The number of rotatable bonds is 7. The van der Waals surface area contributed by atoms with Gasteiger partial charge < -0.3 is 24.9 Å². The summed E-state index contributed by atoms with van der Waals surface area (Å²) < 4.78 is 4.73. The number of aromatic nitrogens is 4. The summed E-state index contributed by atoms with van der Waals surface area (Å²) in [5.41, 5.74) is 5.79. The molecule has 9 heteroatoms. The van der Waals surface area contributed by atoms with E-state index in [9.17, 15) is 9.59 Å². The first-order valence-corrected chi connectivity index (χ1v) is 14.3. The van der Waals surface area contributed by atoms with Gasteiger partial charge in [0.2, 0.25) is 5.91 Å². The molecular weight excluding hydrogens is 528 g/mol. The predicted molar refractivity (Wildman–Crippen MR) is 161 cm³/mol. The molecule has 2 amide bonds. The Hall–Kier alpha value is -4.84. The molecule has 0 radical (unpaired) electrons. The number of aromatic amines is 2. The molecule has 1 aliphatic heterocycles. The van der Waals surface area contributed by atoms with Crippen molar-refractivity contribution in [2.75, 3.05) is 13.7 Å². The smallest absolute Gasteiger partial charge is 0.407 e. The molecule has 216 valence electrons. The highest BCUT2D eigenvalue weighted by atomic mass is 16.5. The number of likely N-dealkylation sites (tertiary alicyclic amines) is 1. The summed E-state index contributed by atoms with van der Waals surface area (Å²) in [5, 5.41) is 2.69. The van der Waals surface area contributed by atoms with Crippen LogP contribution in [0.5, 0.6) is 0 Å². The maximum atomic E-state index is 13.4. The lowest BCUT2D eigenvalue weighted by atomic mass is 10.0. The molecule has 2 aromatic carbocycles. The second-order valence-corrected chi connectivity index (χ2v) is 10.7. The fourth-order valence-electron chi connectivity index (χ4n) is 5.14. The van der Waals surface area contributed by atoms with Crippen LogP contribution in [-0.2, 0) is 16.0 Å². The number of carbonyl (C=O) groups is 2. The van der Waals surface area contributed by atoms with E-state index in [0.29, 0.717) is 6.54 Å². The number of alkyl carbamates (subject to hydrolysis) is 1. The fourth-order valence-corrected chi connectivity index (χ4v) is 5.14. The molecule has 1 saturated heterocycles. The van der Waals surface area contributed by atoms with Gasteiger partial charge in [0.05, 0.1) is 36.9 Å². The molecule has 0 aliphatic carbocycles. The van der Waals surface area contributed by atoms with Crippen molar-refractivity contribution in [3.8, 4) is 34.4 Å². The van der Waals surface area contributed by atoms with Crippen LogP contribution in [0.25, 0.3) is 22.5 Å². The van der Waals surface area contributed by atoms with E-state index in [-0.39, 0.29) is 17.9 Å². The number of benzene rings is 2. The van der Waals surface area contributed by atoms with Crippen LogP contribution >= 0.6 is 0 Å². The highest BCUT2D eigenvalue weighted by molar-refractivity contribution is 5.86. The quantitative estimate of drug-likeness (QED) is 0.257. The van der Waals surface area contributed by atoms with Crippen LogP contribution in [-0.4, -0.2) is 56.5 Å². The largest absolute Gasteiger partial charge is 0.453 e. The van der Waals surface area contributed by atoms with Crippen LogP contribution in [0.1, 0.15) is 62.4 Å². The number of H-pyrrole nitrogens is 2. The molecule has 42 heavy (non-hydrogen) atoms. The van der Waals surface area contributed by atoms with Crippen LogP contribution < -0.4 is 5.32 Å². The summed E-state index contributed by atoms with van der Waals surface area (Å²) in [4.78, 5) is 42.8. The van der Waals surface area contributed by atoms with Gasteiger partial charge in [-0.3, -0.25) is 4.79 Å². The third kappa shape index (κ3) is 6.39. The Morgan fingerprint density at radius 1 is 0.976 bits per heavy atom. The van der Waals surface area contributed by atoms with Crippen LogP contribution in [0.15, 0.2) is 60.9 Å². The first-order chi connectivity index (χ1) is 20.4. The third-order valence-corrected chi connectivity index (χ3v) is 7.54. The molecule has 5 rings (SSSR count). The van der Waals surface area contributed by atoms with Gasteiger partial charge in [0.1, 0.15) is 17.7 Å². The van der Waals surface area contributed by atoms with E-state index >= 15 is 0 Å². The lowest BCUT2D eigenvalue weighted by Gasteiger charge is -2.30. The van der Waals surface area contributed by atoms with Crippen LogP contribution in [0, 0.1) is 17.8 Å². The highest BCUT2D eigenvalue weighted by Gasteiger charge is 2.37. The first-order valence-electron chi connectivity index (χ1n) is 14.3. The SMILES string of the molecule is CCc1ncc(-c2ccc(C#Cc3ccc(-c4cnc(C5CCCN5C(=O)C(NC(=O)OC)C(C)C)[nH]4)cc3)cc2)[nH]1. The number of hydrogen-bond acceptors (Lipinski definition) is 5. The van der Waals surface area contributed by atoms with Crippen molar-refractivity contribution in [3.05, 3.63) is 83.7 Å². The van der Waals surface area contributed by atoms with E-state index in [0.717, 1.165) is 64.6 Å². The summed E-state index contributed by atoms with van der Waals surface area (Å²) in [7, 11) is 1.29. The number of nitrogens with one attached hydrogen (secondary N) is 3. The van der Waals surface area contributed by atoms with Crippen LogP contribution in [0.4, 0.5) is 4.79 Å². The van der Waals surface area contributed by atoms with Gasteiger partial charge in [0, 0.05) is 24.1 Å². The minimum absolute atomic E-state index is 0.0814. The molecule has 2 atom stereocenters. The third-order valence-electron chi connectivity index (χ3n) is 7.54. The zero-order valence-corrected chi connectivity index (χ0v) is 24.4. The Bertz CT molecular complexity index is 1590. The number of aryl methyl sites for hydroxylation is 1. The highest BCUT2D eigenvalue weighted by Crippen LogP contribution is 2.32. The average molecular weight is 565 g/mol. The molecule has 1 fully saturated rings. The molecule has 3 heterocycles. The van der Waals surface area contributed by atoms with Gasteiger partial charge in [0.15, 0.2) is 0 Å². The van der Waals surface area contributed by atoms with Crippen molar-refractivity contribution in [2.45, 2.75) is 52.1 Å². The predicted octanol–water partition coefficient (Wildman–Crippen LogP) is 5.47. The Morgan fingerprint density at radius 2 is 1.57 bits per heavy atom. The maximum absolute atomic E-state index is 13.4. The van der Waals surface area contributed by atoms with Gasteiger partial charge in [-0.25, -0.2) is 14.8 Å². The van der Waals surface area contributed by atoms with Crippen molar-refractivity contribution < 1.29 is 14.3 Å². The number of hydrogen-bond donors (Lipinski definition) is 3. The van der Waals surface area contributed by atoms with E-state index in [2.05, 4.69) is 44.0 Å². The lowest BCUT2D eigenvalue weighted by molar-refractivity contribution is -0.135. The summed E-state index contributed by atoms with van der Waals surface area (Å²) in [6, 6.07) is 15.3. The van der Waals surface area contributed by atoms with Crippen molar-refractivity contribution in [1.29, 1.82) is 0 Å². The van der Waals surface area contributed by atoms with Crippen molar-refractivity contribution >= 4 is 12.0 Å². The minimum atomic E-state index is -0.663. The molecule has 0 saturated carbocycles. The van der Waals surface area contributed by atoms with E-state index < -0.39 is 12.1 Å². The molecule has 0 spiro atoms. The molecule has 9 nitrogen and oxygen atoms in total. The minimum Gasteiger partial charge on any atom is -0.453 e. The summed E-state index contributed by atoms with van der Waals surface area (Å²) >= 11 is 0. The second-order valence-electron chi connectivity index (χ2n) is 10.7. The molecule has 0 bridgehead atoms. The van der Waals surface area contributed by atoms with E-state index in [1.165, 1.54) is 7.11 Å². The number of nitrogens with zero attached hydrogens (tertiary/aromatic N) is 3. The number of imidazole rings is 2. The number of carbonyl (C=O) groups excluding carboxylic acids is 2. The van der Waals surface area contributed by atoms with Crippen molar-refractivity contribution in [3.63, 3.8) is 0 Å². The number of amides is 2. The van der Waals surface area contributed by atoms with Crippen LogP contribution in [0.2, 0.25) is 0 Å². The Balaban J connectivity index is 1.25. The normalized spacial score (nSPS) is 15.3. The lowest BCUT2D eigenvalue weighted by Crippen LogP contribution is -2.51. The maximum Gasteiger partial charge on any atom is 0.407 e. The number of methoxy groups -OCH3 is 1. The first kappa shape index (κ1) is 28.7. The molecule has 3 N–H and O–H groups in total. The molecule has 2 unspecified atom stereocenters. The number of ether oxygens (including phenoxy) is 1. The van der Waals surface area contributed by atoms with Gasteiger partial charge in [0.25, 0.3) is 0 Å². The average Bonchev–Trinajstić information content (AvgIpc) is 3.79. The molecule has 1 aliphatic rings. The van der Waals surface area contributed by atoms with Gasteiger partial charge in [-0.1, -0.05) is 56.9 Å². The van der Waals surface area contributed by atoms with E-state index in [1.54, 1.807) is 6.20 Å². The summed E-state index contributed by atoms with van der Waals surface area (Å²) in [6.45, 7) is 6.50. The zero-order valence-electron chi connectivity index (χ0n) is 24.4. The van der Waals surface area contributed by atoms with E-state index in [1.807, 2.05) is 73.5 Å². The van der Waals surface area contributed by atoms with Gasteiger partial charge in [-0.15, -0.1) is 0 Å². The van der Waals surface area contributed by atoms with Crippen LogP contribution in [0.3, 0.4) is 0 Å². The van der Waals surface area contributed by atoms with E-state index in [4.69, 9.17) is 4.74 Å². The molecular formula is C33H36N6O3. The molecule has 2 aromatic heterocycles. The summed E-state index contributed by atoms with van der Waals surface area (Å²) in [5.74, 6) is 7.99.